The van der Waals surface area contributed by atoms with Crippen LogP contribution in [0.3, 0.4) is 0 Å². The van der Waals surface area contributed by atoms with Gasteiger partial charge < -0.3 is 0 Å². The van der Waals surface area contributed by atoms with Crippen LogP contribution in [-0.2, 0) is 14.3 Å². The molecule has 5 heteroatoms. The predicted molar refractivity (Wildman–Crippen MR) is 105 cm³/mol. The van der Waals surface area contributed by atoms with Gasteiger partial charge in [-0.3, -0.25) is 4.90 Å². The van der Waals surface area contributed by atoms with Gasteiger partial charge in [0.15, 0.2) is 0 Å². The second kappa shape index (κ2) is 7.27. The second-order valence-electron chi connectivity index (χ2n) is 6.74. The average molecular weight is 379 g/mol. The Morgan fingerprint density at radius 2 is 1.37 bits per heavy atom. The highest BCUT2D eigenvalue weighted by atomic mass is 32.2. The molecule has 1 saturated heterocycles. The molecular weight excluding hydrogens is 358 g/mol. The van der Waals surface area contributed by atoms with Gasteiger partial charge in [0.1, 0.15) is 6.23 Å². The van der Waals surface area contributed by atoms with Crippen LogP contribution < -0.4 is 0 Å². The molecule has 0 amide bonds. The minimum absolute atomic E-state index is 0.0365. The molecule has 2 atom stereocenters. The molecule has 1 heterocycles. The largest absolute Gasteiger partial charge is 0.298 e. The van der Waals surface area contributed by atoms with Crippen molar-refractivity contribution in [2.24, 2.45) is 0 Å². The second-order valence-corrected chi connectivity index (χ2v) is 8.31. The Balaban J connectivity index is 1.57. The van der Waals surface area contributed by atoms with Gasteiger partial charge in [0.2, 0.25) is 0 Å². The highest BCUT2D eigenvalue weighted by molar-refractivity contribution is 7.86. The van der Waals surface area contributed by atoms with E-state index in [1.54, 1.807) is 24.3 Å². The van der Waals surface area contributed by atoms with Crippen LogP contribution in [0, 0.1) is 6.92 Å². The zero-order valence-corrected chi connectivity index (χ0v) is 15.8. The van der Waals surface area contributed by atoms with Crippen LogP contribution in [-0.4, -0.2) is 26.1 Å². The van der Waals surface area contributed by atoms with Crippen molar-refractivity contribution in [3.8, 4) is 0 Å². The van der Waals surface area contributed by atoms with Gasteiger partial charge in [-0.15, -0.1) is 0 Å². The lowest BCUT2D eigenvalue weighted by Crippen LogP contribution is -2.17. The Bertz CT molecular complexity index is 963. The predicted octanol–water partition coefficient (Wildman–Crippen LogP) is 4.13. The molecule has 0 saturated carbocycles. The number of aryl methyl sites for hydroxylation is 1. The Morgan fingerprint density at radius 3 is 1.89 bits per heavy atom. The molecule has 0 radical (unpaired) electrons. The summed E-state index contributed by atoms with van der Waals surface area (Å²) in [7, 11) is -3.79. The number of nitrogens with zero attached hydrogens (tertiary/aromatic N) is 1. The van der Waals surface area contributed by atoms with E-state index in [2.05, 4.69) is 29.2 Å². The maximum absolute atomic E-state index is 12.6. The highest BCUT2D eigenvalue weighted by Gasteiger charge is 2.45. The quantitative estimate of drug-likeness (QED) is 0.477. The average Bonchev–Trinajstić information content (AvgIpc) is 3.41. The van der Waals surface area contributed by atoms with Crippen molar-refractivity contribution in [2.45, 2.75) is 24.1 Å². The monoisotopic (exact) mass is 379 g/mol. The summed E-state index contributed by atoms with van der Waals surface area (Å²) in [5.41, 5.74) is 3.24. The van der Waals surface area contributed by atoms with Crippen LogP contribution in [0.25, 0.3) is 0 Å². The third-order valence-electron chi connectivity index (χ3n) is 4.71. The first-order valence-corrected chi connectivity index (χ1v) is 10.3. The third kappa shape index (κ3) is 3.95. The summed E-state index contributed by atoms with van der Waals surface area (Å²) in [6, 6.07) is 26.8. The number of hydrogen-bond donors (Lipinski definition) is 0. The molecular formula is C22H21NO3S. The Kier molecular flexibility index (Phi) is 4.83. The summed E-state index contributed by atoms with van der Waals surface area (Å²) in [5, 5.41) is 0. The topological polar surface area (TPSA) is 46.4 Å². The van der Waals surface area contributed by atoms with Gasteiger partial charge in [-0.1, -0.05) is 78.4 Å². The summed E-state index contributed by atoms with van der Waals surface area (Å²) >= 11 is 0. The molecule has 3 aromatic rings. The minimum atomic E-state index is -3.79. The lowest BCUT2D eigenvalue weighted by Gasteiger charge is -2.20. The minimum Gasteiger partial charge on any atom is -0.261 e. The first-order chi connectivity index (χ1) is 13.0. The summed E-state index contributed by atoms with van der Waals surface area (Å²) in [5.74, 6) is 0. The van der Waals surface area contributed by atoms with E-state index in [1.807, 2.05) is 43.3 Å². The molecule has 1 aliphatic heterocycles. The fourth-order valence-corrected chi connectivity index (χ4v) is 4.29. The van der Waals surface area contributed by atoms with Gasteiger partial charge in [-0.05, 0) is 30.2 Å². The van der Waals surface area contributed by atoms with E-state index in [1.165, 1.54) is 0 Å². The molecule has 0 aliphatic carbocycles. The van der Waals surface area contributed by atoms with Crippen molar-refractivity contribution < 1.29 is 12.6 Å². The summed E-state index contributed by atoms with van der Waals surface area (Å²) < 4.78 is 30.7. The van der Waals surface area contributed by atoms with Crippen molar-refractivity contribution in [1.82, 2.24) is 4.90 Å². The normalized spacial score (nSPS) is 19.2. The fraction of sp³-hybridized carbons (Fsp3) is 0.182. The molecule has 2 unspecified atom stereocenters. The summed E-state index contributed by atoms with van der Waals surface area (Å²) in [6.07, 6.45) is -0.457. The van der Waals surface area contributed by atoms with Crippen molar-refractivity contribution in [3.63, 3.8) is 0 Å². The number of hydrogen-bond acceptors (Lipinski definition) is 4. The maximum Gasteiger partial charge on any atom is 0.298 e. The molecule has 4 rings (SSSR count). The van der Waals surface area contributed by atoms with E-state index in [0.29, 0.717) is 6.54 Å². The molecule has 27 heavy (non-hydrogen) atoms. The van der Waals surface area contributed by atoms with Gasteiger partial charge in [0.05, 0.1) is 10.9 Å². The van der Waals surface area contributed by atoms with E-state index >= 15 is 0 Å². The molecule has 0 bridgehead atoms. The fourth-order valence-electron chi connectivity index (χ4n) is 3.24. The molecule has 1 aliphatic rings. The van der Waals surface area contributed by atoms with Crippen LogP contribution in [0.5, 0.6) is 0 Å². The van der Waals surface area contributed by atoms with Gasteiger partial charge in [-0.25, -0.2) is 4.18 Å². The lowest BCUT2D eigenvalue weighted by atomic mass is 9.99. The van der Waals surface area contributed by atoms with Crippen LogP contribution in [0.4, 0.5) is 0 Å². The van der Waals surface area contributed by atoms with Crippen molar-refractivity contribution in [3.05, 3.63) is 102 Å². The van der Waals surface area contributed by atoms with Crippen molar-refractivity contribution >= 4 is 10.1 Å². The van der Waals surface area contributed by atoms with E-state index in [4.69, 9.17) is 4.18 Å². The first-order valence-electron chi connectivity index (χ1n) is 8.90. The SMILES string of the molecule is Cc1ccc(S(=O)(=O)OC2CN2C(c2ccccc2)c2ccccc2)cc1. The summed E-state index contributed by atoms with van der Waals surface area (Å²) in [6.45, 7) is 2.49. The Hall–Kier alpha value is -2.47. The van der Waals surface area contributed by atoms with Crippen LogP contribution in [0.1, 0.15) is 22.7 Å². The highest BCUT2D eigenvalue weighted by Crippen LogP contribution is 2.38. The molecule has 0 aromatic heterocycles. The number of benzene rings is 3. The van der Waals surface area contributed by atoms with Crippen molar-refractivity contribution in [1.29, 1.82) is 0 Å². The standard InChI is InChI=1S/C22H21NO3S/c1-17-12-14-20(15-13-17)27(24,25)26-21-16-23(21)22(18-8-4-2-5-9-18)19-10-6-3-7-11-19/h2-15,21-22H,16H2,1H3. The molecule has 0 N–H and O–H groups in total. The maximum atomic E-state index is 12.6. The van der Waals surface area contributed by atoms with E-state index in [0.717, 1.165) is 16.7 Å². The van der Waals surface area contributed by atoms with E-state index in [-0.39, 0.29) is 10.9 Å². The molecule has 4 nitrogen and oxygen atoms in total. The molecule has 3 aromatic carbocycles. The lowest BCUT2D eigenvalue weighted by molar-refractivity contribution is 0.223. The van der Waals surface area contributed by atoms with Gasteiger partial charge >= 0.3 is 0 Å². The zero-order valence-electron chi connectivity index (χ0n) is 15.0. The number of rotatable bonds is 6. The van der Waals surface area contributed by atoms with Gasteiger partial charge in [-0.2, -0.15) is 8.42 Å². The van der Waals surface area contributed by atoms with Crippen LogP contribution in [0.15, 0.2) is 89.8 Å². The zero-order chi connectivity index (χ0) is 18.9. The van der Waals surface area contributed by atoms with Crippen molar-refractivity contribution in [2.75, 3.05) is 6.54 Å². The third-order valence-corrected chi connectivity index (χ3v) is 6.04. The van der Waals surface area contributed by atoms with E-state index < -0.39 is 16.3 Å². The first kappa shape index (κ1) is 17.9. The van der Waals surface area contributed by atoms with Gasteiger partial charge in [0, 0.05) is 6.54 Å². The Labute approximate surface area is 160 Å². The Morgan fingerprint density at radius 1 is 0.852 bits per heavy atom. The van der Waals surface area contributed by atoms with E-state index in [9.17, 15) is 8.42 Å². The van der Waals surface area contributed by atoms with Gasteiger partial charge in [0.25, 0.3) is 10.1 Å². The smallest absolute Gasteiger partial charge is 0.261 e. The molecule has 138 valence electrons. The van der Waals surface area contributed by atoms with Crippen LogP contribution >= 0.6 is 0 Å². The van der Waals surface area contributed by atoms with Crippen LogP contribution in [0.2, 0.25) is 0 Å². The molecule has 1 fully saturated rings. The summed E-state index contributed by atoms with van der Waals surface area (Å²) in [4.78, 5) is 2.24. The molecule has 0 spiro atoms.